The topological polar surface area (TPSA) is 18.1 Å². The number of fused-ring (bicyclic) bond motifs is 11. The molecule has 3 heterocycles. The zero-order valence-corrected chi connectivity index (χ0v) is 24.1. The second-order valence-electron chi connectivity index (χ2n) is 11.6. The van der Waals surface area contributed by atoms with Crippen LogP contribution in [0.1, 0.15) is 17.7 Å². The molecule has 9 aromatic rings. The van der Waals surface area contributed by atoms with Crippen molar-refractivity contribution in [3.05, 3.63) is 133 Å². The van der Waals surface area contributed by atoms with Gasteiger partial charge >= 0.3 is 0 Å². The Bertz CT molecular complexity index is 2630. The minimum atomic E-state index is 0.931. The van der Waals surface area contributed by atoms with Gasteiger partial charge in [-0.15, -0.1) is 11.3 Å². The van der Waals surface area contributed by atoms with E-state index in [1.54, 1.807) is 0 Å². The number of benzene rings is 6. The number of hydrogen-bond donors (Lipinski definition) is 0. The molecule has 1 aliphatic rings. The monoisotopic (exact) mass is 567 g/mol. The molecule has 0 spiro atoms. The average molecular weight is 568 g/mol. The maximum absolute atomic E-state index is 6.82. The Morgan fingerprint density at radius 3 is 2.42 bits per heavy atom. The van der Waals surface area contributed by atoms with E-state index in [0.29, 0.717) is 0 Å². The summed E-state index contributed by atoms with van der Waals surface area (Å²) in [7, 11) is 0. The molecule has 0 N–H and O–H groups in total. The largest absolute Gasteiger partial charge is 0.458 e. The van der Waals surface area contributed by atoms with E-state index in [1.165, 1.54) is 69.3 Å². The molecule has 0 saturated heterocycles. The molecular formula is C40H25NOS. The van der Waals surface area contributed by atoms with E-state index in [9.17, 15) is 0 Å². The van der Waals surface area contributed by atoms with Crippen LogP contribution in [0, 0.1) is 0 Å². The Morgan fingerprint density at radius 2 is 1.47 bits per heavy atom. The maximum Gasteiger partial charge on any atom is 0.159 e. The molecule has 43 heavy (non-hydrogen) atoms. The molecule has 3 heteroatoms. The molecule has 0 amide bonds. The molecule has 1 aliphatic carbocycles. The molecule has 0 fully saturated rings. The number of furan rings is 1. The summed E-state index contributed by atoms with van der Waals surface area (Å²) in [5.74, 6) is 1.09. The van der Waals surface area contributed by atoms with Crippen molar-refractivity contribution in [2.75, 3.05) is 0 Å². The number of hydrogen-bond acceptors (Lipinski definition) is 2. The van der Waals surface area contributed by atoms with Gasteiger partial charge in [-0.25, -0.2) is 0 Å². The number of allylic oxidation sites excluding steroid dienone is 1. The third-order valence-electron chi connectivity index (χ3n) is 9.21. The summed E-state index contributed by atoms with van der Waals surface area (Å²) in [5.41, 5.74) is 8.16. The number of para-hydroxylation sites is 1. The molecule has 0 aliphatic heterocycles. The predicted octanol–water partition coefficient (Wildman–Crippen LogP) is 11.7. The molecule has 6 aromatic carbocycles. The van der Waals surface area contributed by atoms with E-state index in [4.69, 9.17) is 4.42 Å². The highest BCUT2D eigenvalue weighted by Gasteiger charge is 2.25. The smallest absolute Gasteiger partial charge is 0.159 e. The van der Waals surface area contributed by atoms with Gasteiger partial charge in [-0.2, -0.15) is 0 Å². The van der Waals surface area contributed by atoms with Gasteiger partial charge in [0.15, 0.2) is 5.58 Å². The maximum atomic E-state index is 6.82. The lowest BCUT2D eigenvalue weighted by molar-refractivity contribution is 0.548. The van der Waals surface area contributed by atoms with Crippen LogP contribution in [0.2, 0.25) is 0 Å². The highest BCUT2D eigenvalue weighted by molar-refractivity contribution is 7.25. The molecule has 0 saturated carbocycles. The SMILES string of the molecule is C1=Cc2c(oc3c2cc(-c2ccc4sc5ccccc5c4c2)c2c4ccccc4n(-c4ccc5ccccc5c4)c32)CC1. The van der Waals surface area contributed by atoms with Gasteiger partial charge in [-0.05, 0) is 70.8 Å². The first-order chi connectivity index (χ1) is 21.3. The first kappa shape index (κ1) is 23.4. The highest BCUT2D eigenvalue weighted by Crippen LogP contribution is 2.47. The van der Waals surface area contributed by atoms with E-state index in [-0.39, 0.29) is 0 Å². The lowest BCUT2D eigenvalue weighted by Gasteiger charge is -2.11. The quantitative estimate of drug-likeness (QED) is 0.203. The summed E-state index contributed by atoms with van der Waals surface area (Å²) in [4.78, 5) is 0. The Hall–Kier alpha value is -5.12. The van der Waals surface area contributed by atoms with Crippen LogP contribution in [-0.4, -0.2) is 4.57 Å². The van der Waals surface area contributed by atoms with Gasteiger partial charge in [0.05, 0.1) is 11.0 Å². The second kappa shape index (κ2) is 8.70. The van der Waals surface area contributed by atoms with Crippen molar-refractivity contribution in [2.45, 2.75) is 12.8 Å². The Kier molecular flexibility index (Phi) is 4.74. The lowest BCUT2D eigenvalue weighted by atomic mass is 9.94. The van der Waals surface area contributed by atoms with Gasteiger partial charge < -0.3 is 8.98 Å². The van der Waals surface area contributed by atoms with Gasteiger partial charge in [-0.3, -0.25) is 0 Å². The van der Waals surface area contributed by atoms with Crippen LogP contribution in [0.5, 0.6) is 0 Å². The Labute approximate surface area is 251 Å². The molecule has 202 valence electrons. The second-order valence-corrected chi connectivity index (χ2v) is 12.7. The molecule has 2 nitrogen and oxygen atoms in total. The van der Waals surface area contributed by atoms with Crippen LogP contribution in [0.15, 0.2) is 126 Å². The van der Waals surface area contributed by atoms with E-state index in [0.717, 1.165) is 35.4 Å². The van der Waals surface area contributed by atoms with Gasteiger partial charge in [0.1, 0.15) is 5.76 Å². The van der Waals surface area contributed by atoms with Gasteiger partial charge in [0.25, 0.3) is 0 Å². The lowest BCUT2D eigenvalue weighted by Crippen LogP contribution is -1.94. The van der Waals surface area contributed by atoms with Crippen LogP contribution in [0.4, 0.5) is 0 Å². The summed E-state index contributed by atoms with van der Waals surface area (Å²) in [6.07, 6.45) is 6.49. The summed E-state index contributed by atoms with van der Waals surface area (Å²) in [6, 6.07) is 42.4. The number of aryl methyl sites for hydroxylation is 1. The predicted molar refractivity (Wildman–Crippen MR) is 184 cm³/mol. The van der Waals surface area contributed by atoms with Crippen molar-refractivity contribution in [3.8, 4) is 16.8 Å². The van der Waals surface area contributed by atoms with Crippen molar-refractivity contribution in [2.24, 2.45) is 0 Å². The first-order valence-electron chi connectivity index (χ1n) is 14.9. The van der Waals surface area contributed by atoms with Crippen molar-refractivity contribution in [1.82, 2.24) is 4.57 Å². The van der Waals surface area contributed by atoms with Crippen LogP contribution < -0.4 is 0 Å². The van der Waals surface area contributed by atoms with Crippen LogP contribution in [-0.2, 0) is 6.42 Å². The van der Waals surface area contributed by atoms with Gasteiger partial charge in [0, 0.05) is 54.0 Å². The van der Waals surface area contributed by atoms with Crippen molar-refractivity contribution < 1.29 is 4.42 Å². The standard InChI is InChI=1S/C40H25NOS/c1-2-10-25-21-27(19-17-24(25)9-1)41-34-14-6-3-13-30(34)38-31(23-33-28-11-4-7-15-35(28)42-40(33)39(38)41)26-18-20-37-32(22-26)29-12-5-8-16-36(29)43-37/h1-6,8-14,16-23H,7,15H2. The van der Waals surface area contributed by atoms with Gasteiger partial charge in [0.2, 0.25) is 0 Å². The molecular weight excluding hydrogens is 543 g/mol. The molecule has 0 radical (unpaired) electrons. The third kappa shape index (κ3) is 3.28. The zero-order valence-electron chi connectivity index (χ0n) is 23.3. The van der Waals surface area contributed by atoms with Gasteiger partial charge in [-0.1, -0.05) is 84.9 Å². The summed E-state index contributed by atoms with van der Waals surface area (Å²) in [5, 5.41) is 8.78. The fourth-order valence-electron chi connectivity index (χ4n) is 7.26. The Morgan fingerprint density at radius 1 is 0.651 bits per heavy atom. The van der Waals surface area contributed by atoms with E-state index in [2.05, 4.69) is 132 Å². The Balaban J connectivity index is 1.39. The molecule has 10 rings (SSSR count). The fourth-order valence-corrected chi connectivity index (χ4v) is 8.34. The minimum absolute atomic E-state index is 0.931. The van der Waals surface area contributed by atoms with Crippen molar-refractivity contribution in [3.63, 3.8) is 0 Å². The zero-order chi connectivity index (χ0) is 28.1. The van der Waals surface area contributed by atoms with Crippen LogP contribution in [0.3, 0.4) is 0 Å². The molecule has 0 bridgehead atoms. The van der Waals surface area contributed by atoms with E-state index < -0.39 is 0 Å². The fraction of sp³-hybridized carbons (Fsp3) is 0.0500. The summed E-state index contributed by atoms with van der Waals surface area (Å²) >= 11 is 1.87. The number of thiophene rings is 1. The highest BCUT2D eigenvalue weighted by atomic mass is 32.1. The number of aromatic nitrogens is 1. The van der Waals surface area contributed by atoms with Crippen LogP contribution >= 0.6 is 11.3 Å². The molecule has 0 atom stereocenters. The van der Waals surface area contributed by atoms with Crippen molar-refractivity contribution >= 4 is 81.1 Å². The van der Waals surface area contributed by atoms with E-state index in [1.807, 2.05) is 11.3 Å². The summed E-state index contributed by atoms with van der Waals surface area (Å²) < 4.78 is 11.9. The first-order valence-corrected chi connectivity index (χ1v) is 15.7. The normalized spacial score (nSPS) is 13.3. The van der Waals surface area contributed by atoms with E-state index >= 15 is 0 Å². The summed E-state index contributed by atoms with van der Waals surface area (Å²) in [6.45, 7) is 0. The average Bonchev–Trinajstić information content (AvgIpc) is 3.73. The number of rotatable bonds is 2. The van der Waals surface area contributed by atoms with Crippen molar-refractivity contribution in [1.29, 1.82) is 0 Å². The number of nitrogens with zero attached hydrogens (tertiary/aromatic N) is 1. The molecule has 0 unspecified atom stereocenters. The minimum Gasteiger partial charge on any atom is -0.458 e. The van der Waals surface area contributed by atoms with Crippen LogP contribution in [0.25, 0.3) is 86.6 Å². The third-order valence-corrected chi connectivity index (χ3v) is 10.4. The molecule has 3 aromatic heterocycles.